The summed E-state index contributed by atoms with van der Waals surface area (Å²) in [7, 11) is 0. The molecule has 0 saturated heterocycles. The first-order chi connectivity index (χ1) is 9.66. The first-order valence-corrected chi connectivity index (χ1v) is 6.78. The van der Waals surface area contributed by atoms with Gasteiger partial charge in [0.25, 0.3) is 0 Å². The zero-order valence-electron chi connectivity index (χ0n) is 11.7. The van der Waals surface area contributed by atoms with Crippen molar-refractivity contribution in [3.8, 4) is 0 Å². The van der Waals surface area contributed by atoms with Crippen LogP contribution in [0.25, 0.3) is 0 Å². The highest BCUT2D eigenvalue weighted by molar-refractivity contribution is 5.81. The first-order valence-electron chi connectivity index (χ1n) is 6.78. The van der Waals surface area contributed by atoms with E-state index in [1.54, 1.807) is 0 Å². The van der Waals surface area contributed by atoms with Crippen molar-refractivity contribution in [1.29, 1.82) is 0 Å². The van der Waals surface area contributed by atoms with Crippen molar-refractivity contribution in [2.24, 2.45) is 5.73 Å². The van der Waals surface area contributed by atoms with Gasteiger partial charge in [-0.25, -0.2) is 0 Å². The Balaban J connectivity index is 1.87. The first kappa shape index (κ1) is 14.3. The van der Waals surface area contributed by atoms with E-state index in [2.05, 4.69) is 5.32 Å². The zero-order chi connectivity index (χ0) is 14.4. The normalized spacial score (nSPS) is 11.9. The van der Waals surface area contributed by atoms with Crippen LogP contribution >= 0.6 is 0 Å². The molecule has 1 atom stereocenters. The molecule has 2 aromatic rings. The van der Waals surface area contributed by atoms with E-state index in [1.807, 2.05) is 61.5 Å². The second kappa shape index (κ2) is 6.87. The van der Waals surface area contributed by atoms with E-state index in [4.69, 9.17) is 5.73 Å². The van der Waals surface area contributed by atoms with Gasteiger partial charge in [-0.05, 0) is 30.0 Å². The summed E-state index contributed by atoms with van der Waals surface area (Å²) < 4.78 is 0. The number of carbonyl (C=O) groups is 1. The minimum atomic E-state index is -0.513. The number of hydrogen-bond donors (Lipinski definition) is 2. The Morgan fingerprint density at radius 2 is 1.75 bits per heavy atom. The van der Waals surface area contributed by atoms with Crippen molar-refractivity contribution in [2.45, 2.75) is 25.9 Å². The van der Waals surface area contributed by atoms with Gasteiger partial charge in [-0.3, -0.25) is 4.79 Å². The summed E-state index contributed by atoms with van der Waals surface area (Å²) in [4.78, 5) is 12.0. The molecule has 3 heteroatoms. The van der Waals surface area contributed by atoms with Gasteiger partial charge < -0.3 is 11.1 Å². The molecule has 2 aromatic carbocycles. The summed E-state index contributed by atoms with van der Waals surface area (Å²) in [6.07, 6.45) is 0.556. The molecule has 0 heterocycles. The Morgan fingerprint density at radius 3 is 2.45 bits per heavy atom. The lowest BCUT2D eigenvalue weighted by Gasteiger charge is -2.13. The maximum Gasteiger partial charge on any atom is 0.237 e. The summed E-state index contributed by atoms with van der Waals surface area (Å²) in [5, 5.41) is 2.90. The molecule has 104 valence electrons. The molecule has 0 spiro atoms. The number of nitrogens with one attached hydrogen (secondary N) is 1. The Morgan fingerprint density at radius 1 is 1.10 bits per heavy atom. The SMILES string of the molecule is Cc1ccccc1CNC(=O)C(N)Cc1ccccc1. The number of nitrogens with two attached hydrogens (primary N) is 1. The monoisotopic (exact) mass is 268 g/mol. The Kier molecular flexibility index (Phi) is 4.91. The van der Waals surface area contributed by atoms with E-state index in [-0.39, 0.29) is 5.91 Å². The third kappa shape index (κ3) is 3.93. The van der Waals surface area contributed by atoms with Gasteiger partial charge in [-0.2, -0.15) is 0 Å². The highest BCUT2D eigenvalue weighted by Gasteiger charge is 2.13. The van der Waals surface area contributed by atoms with Crippen LogP contribution in [0.1, 0.15) is 16.7 Å². The lowest BCUT2D eigenvalue weighted by molar-refractivity contribution is -0.122. The van der Waals surface area contributed by atoms with Crippen molar-refractivity contribution in [2.75, 3.05) is 0 Å². The standard InChI is InChI=1S/C17H20N2O/c1-13-7-5-6-10-15(13)12-19-17(20)16(18)11-14-8-3-2-4-9-14/h2-10,16H,11-12,18H2,1H3,(H,19,20). The Hall–Kier alpha value is -2.13. The van der Waals surface area contributed by atoms with Gasteiger partial charge in [0.2, 0.25) is 5.91 Å². The van der Waals surface area contributed by atoms with Crippen molar-refractivity contribution in [1.82, 2.24) is 5.32 Å². The molecule has 1 unspecified atom stereocenters. The number of benzene rings is 2. The van der Waals surface area contributed by atoms with Gasteiger partial charge in [0.05, 0.1) is 6.04 Å². The molecular weight excluding hydrogens is 248 g/mol. The predicted octanol–water partition coefficient (Wildman–Crippen LogP) is 2.18. The maximum atomic E-state index is 12.0. The van der Waals surface area contributed by atoms with Gasteiger partial charge in [0.15, 0.2) is 0 Å². The third-order valence-corrected chi connectivity index (χ3v) is 3.35. The molecule has 0 radical (unpaired) electrons. The molecule has 0 aliphatic heterocycles. The fourth-order valence-corrected chi connectivity index (χ4v) is 2.08. The second-order valence-corrected chi connectivity index (χ2v) is 4.94. The molecule has 2 rings (SSSR count). The van der Waals surface area contributed by atoms with E-state index in [9.17, 15) is 4.79 Å². The van der Waals surface area contributed by atoms with E-state index in [0.717, 1.165) is 11.1 Å². The van der Waals surface area contributed by atoms with Crippen LogP contribution < -0.4 is 11.1 Å². The van der Waals surface area contributed by atoms with Crippen molar-refractivity contribution in [3.63, 3.8) is 0 Å². The predicted molar refractivity (Wildman–Crippen MR) is 81.1 cm³/mol. The Labute approximate surface area is 119 Å². The van der Waals surface area contributed by atoms with Gasteiger partial charge in [0, 0.05) is 6.54 Å². The Bertz CT molecular complexity index is 566. The molecule has 20 heavy (non-hydrogen) atoms. The quantitative estimate of drug-likeness (QED) is 0.873. The van der Waals surface area contributed by atoms with Crippen LogP contribution in [0.15, 0.2) is 54.6 Å². The fraction of sp³-hybridized carbons (Fsp3) is 0.235. The average molecular weight is 268 g/mol. The molecule has 0 aliphatic rings. The average Bonchev–Trinajstić information content (AvgIpc) is 2.47. The van der Waals surface area contributed by atoms with Crippen LogP contribution in [0.5, 0.6) is 0 Å². The molecule has 0 saturated carbocycles. The van der Waals surface area contributed by atoms with Gasteiger partial charge >= 0.3 is 0 Å². The molecule has 0 bridgehead atoms. The summed E-state index contributed by atoms with van der Waals surface area (Å²) in [6, 6.07) is 17.3. The maximum absolute atomic E-state index is 12.0. The smallest absolute Gasteiger partial charge is 0.237 e. The number of rotatable bonds is 5. The molecule has 0 aliphatic carbocycles. The molecule has 0 fully saturated rings. The van der Waals surface area contributed by atoms with Crippen LogP contribution in [0, 0.1) is 6.92 Å². The molecule has 3 N–H and O–H groups in total. The van der Waals surface area contributed by atoms with Crippen molar-refractivity contribution >= 4 is 5.91 Å². The minimum Gasteiger partial charge on any atom is -0.351 e. The fourth-order valence-electron chi connectivity index (χ4n) is 2.08. The van der Waals surface area contributed by atoms with Crippen LogP contribution in [0.3, 0.4) is 0 Å². The van der Waals surface area contributed by atoms with Crippen molar-refractivity contribution < 1.29 is 4.79 Å². The molecule has 1 amide bonds. The van der Waals surface area contributed by atoms with Crippen LogP contribution in [0.2, 0.25) is 0 Å². The summed E-state index contributed by atoms with van der Waals surface area (Å²) in [5.74, 6) is -0.114. The minimum absolute atomic E-state index is 0.114. The van der Waals surface area contributed by atoms with Gasteiger partial charge in [-0.1, -0.05) is 54.6 Å². The van der Waals surface area contributed by atoms with Gasteiger partial charge in [0.1, 0.15) is 0 Å². The topological polar surface area (TPSA) is 55.1 Å². The van der Waals surface area contributed by atoms with E-state index >= 15 is 0 Å². The molecule has 0 aromatic heterocycles. The largest absolute Gasteiger partial charge is 0.351 e. The summed E-state index contributed by atoms with van der Waals surface area (Å²) in [6.45, 7) is 2.55. The zero-order valence-corrected chi connectivity index (χ0v) is 11.7. The lowest BCUT2D eigenvalue weighted by atomic mass is 10.1. The summed E-state index contributed by atoms with van der Waals surface area (Å²) in [5.41, 5.74) is 9.30. The number of carbonyl (C=O) groups excluding carboxylic acids is 1. The van der Waals surface area contributed by atoms with Crippen molar-refractivity contribution in [3.05, 3.63) is 71.3 Å². The third-order valence-electron chi connectivity index (χ3n) is 3.35. The number of aryl methyl sites for hydroxylation is 1. The number of hydrogen-bond acceptors (Lipinski definition) is 2. The number of amides is 1. The molecule has 3 nitrogen and oxygen atoms in total. The van der Waals surface area contributed by atoms with Crippen LogP contribution in [0.4, 0.5) is 0 Å². The highest BCUT2D eigenvalue weighted by Crippen LogP contribution is 2.07. The second-order valence-electron chi connectivity index (χ2n) is 4.94. The van der Waals surface area contributed by atoms with E-state index < -0.39 is 6.04 Å². The lowest BCUT2D eigenvalue weighted by Crippen LogP contribution is -2.41. The molecular formula is C17H20N2O. The highest BCUT2D eigenvalue weighted by atomic mass is 16.2. The van der Waals surface area contributed by atoms with E-state index in [0.29, 0.717) is 13.0 Å². The van der Waals surface area contributed by atoms with E-state index in [1.165, 1.54) is 5.56 Å². The van der Waals surface area contributed by atoms with Crippen LogP contribution in [-0.4, -0.2) is 11.9 Å². The van der Waals surface area contributed by atoms with Gasteiger partial charge in [-0.15, -0.1) is 0 Å². The van der Waals surface area contributed by atoms with Crippen LogP contribution in [-0.2, 0) is 17.8 Å². The summed E-state index contributed by atoms with van der Waals surface area (Å²) >= 11 is 0.